The van der Waals surface area contributed by atoms with Crippen LogP contribution in [0.3, 0.4) is 0 Å². The maximum atomic E-state index is 11.9. The number of carbonyl (C=O) groups excluding carboxylic acids is 1. The lowest BCUT2D eigenvalue weighted by molar-refractivity contribution is 0.0947. The first-order chi connectivity index (χ1) is 10.8. The zero-order chi connectivity index (χ0) is 15.6. The summed E-state index contributed by atoms with van der Waals surface area (Å²) in [7, 11) is 0. The Morgan fingerprint density at radius 3 is 2.59 bits per heavy atom. The normalized spacial score (nSPS) is 10.2. The molecule has 0 aliphatic heterocycles. The molecular formula is C16H21N5O. The van der Waals surface area contributed by atoms with Crippen LogP contribution in [0.15, 0.2) is 36.7 Å². The predicted octanol–water partition coefficient (Wildman–Crippen LogP) is 2.40. The van der Waals surface area contributed by atoms with Gasteiger partial charge in [-0.3, -0.25) is 9.78 Å². The fourth-order valence-electron chi connectivity index (χ4n) is 1.91. The molecule has 0 bridgehead atoms. The summed E-state index contributed by atoms with van der Waals surface area (Å²) < 4.78 is 0. The first-order valence-corrected chi connectivity index (χ1v) is 7.54. The van der Waals surface area contributed by atoms with Crippen LogP contribution in [-0.2, 0) is 6.54 Å². The summed E-state index contributed by atoms with van der Waals surface area (Å²) in [6.07, 6.45) is 6.72. The maximum Gasteiger partial charge on any atom is 0.271 e. The smallest absolute Gasteiger partial charge is 0.271 e. The second-order valence-corrected chi connectivity index (χ2v) is 4.98. The number of aromatic nitrogens is 3. The molecule has 2 N–H and O–H groups in total. The molecule has 6 heteroatoms. The third kappa shape index (κ3) is 5.12. The van der Waals surface area contributed by atoms with Crippen LogP contribution in [-0.4, -0.2) is 27.6 Å². The highest BCUT2D eigenvalue weighted by Gasteiger charge is 2.07. The van der Waals surface area contributed by atoms with E-state index in [-0.39, 0.29) is 5.91 Å². The molecule has 2 heterocycles. The summed E-state index contributed by atoms with van der Waals surface area (Å²) in [5, 5.41) is 14.0. The summed E-state index contributed by atoms with van der Waals surface area (Å²) in [6.45, 7) is 3.45. The molecule has 0 unspecified atom stereocenters. The number of nitrogens with one attached hydrogen (secondary N) is 2. The van der Waals surface area contributed by atoms with Gasteiger partial charge in [-0.15, -0.1) is 10.2 Å². The minimum atomic E-state index is -0.177. The van der Waals surface area contributed by atoms with Gasteiger partial charge in [-0.2, -0.15) is 0 Å². The molecule has 6 nitrogen and oxygen atoms in total. The lowest BCUT2D eigenvalue weighted by atomic mass is 10.2. The Hall–Kier alpha value is -2.50. The molecule has 1 amide bonds. The first kappa shape index (κ1) is 15.9. The average molecular weight is 299 g/mol. The predicted molar refractivity (Wildman–Crippen MR) is 85.5 cm³/mol. The van der Waals surface area contributed by atoms with Gasteiger partial charge < -0.3 is 10.6 Å². The van der Waals surface area contributed by atoms with Gasteiger partial charge in [-0.25, -0.2) is 0 Å². The number of rotatable bonds is 8. The van der Waals surface area contributed by atoms with Crippen LogP contribution in [0.4, 0.5) is 5.82 Å². The van der Waals surface area contributed by atoms with Crippen molar-refractivity contribution in [3.63, 3.8) is 0 Å². The van der Waals surface area contributed by atoms with Crippen molar-refractivity contribution in [2.24, 2.45) is 0 Å². The number of amides is 1. The zero-order valence-corrected chi connectivity index (χ0v) is 12.7. The molecular weight excluding hydrogens is 278 g/mol. The molecule has 22 heavy (non-hydrogen) atoms. The standard InChI is InChI=1S/C16H21N5O/c1-2-3-4-9-18-16(22)14-5-6-15(21-20-14)19-12-13-7-10-17-11-8-13/h5-8,10-11H,2-4,9,12H2,1H3,(H,18,22)(H,19,21). The Kier molecular flexibility index (Phi) is 6.29. The molecule has 0 atom stereocenters. The average Bonchev–Trinajstić information content (AvgIpc) is 2.58. The highest BCUT2D eigenvalue weighted by atomic mass is 16.1. The van der Waals surface area contributed by atoms with Gasteiger partial charge in [-0.05, 0) is 36.2 Å². The van der Waals surface area contributed by atoms with Crippen molar-refractivity contribution in [1.29, 1.82) is 0 Å². The molecule has 0 saturated carbocycles. The van der Waals surface area contributed by atoms with Crippen LogP contribution in [0.1, 0.15) is 42.2 Å². The van der Waals surface area contributed by atoms with Crippen molar-refractivity contribution in [2.45, 2.75) is 32.7 Å². The first-order valence-electron chi connectivity index (χ1n) is 7.54. The molecule has 2 rings (SSSR count). The number of hydrogen-bond acceptors (Lipinski definition) is 5. The fraction of sp³-hybridized carbons (Fsp3) is 0.375. The minimum Gasteiger partial charge on any atom is -0.365 e. The van der Waals surface area contributed by atoms with Gasteiger partial charge in [-0.1, -0.05) is 19.8 Å². The van der Waals surface area contributed by atoms with Crippen molar-refractivity contribution in [3.8, 4) is 0 Å². The monoisotopic (exact) mass is 299 g/mol. The van der Waals surface area contributed by atoms with Crippen LogP contribution in [0.5, 0.6) is 0 Å². The molecule has 0 aliphatic rings. The Labute approximate surface area is 130 Å². The van der Waals surface area contributed by atoms with Crippen molar-refractivity contribution in [1.82, 2.24) is 20.5 Å². The maximum absolute atomic E-state index is 11.9. The minimum absolute atomic E-state index is 0.177. The molecule has 0 aliphatic carbocycles. The molecule has 0 radical (unpaired) electrons. The molecule has 0 fully saturated rings. The molecule has 0 spiro atoms. The van der Waals surface area contributed by atoms with Crippen LogP contribution >= 0.6 is 0 Å². The molecule has 2 aromatic rings. The van der Waals surface area contributed by atoms with Gasteiger partial charge in [0.2, 0.25) is 0 Å². The van der Waals surface area contributed by atoms with E-state index < -0.39 is 0 Å². The van der Waals surface area contributed by atoms with Crippen LogP contribution in [0.25, 0.3) is 0 Å². The number of anilines is 1. The molecule has 2 aromatic heterocycles. The summed E-state index contributed by atoms with van der Waals surface area (Å²) >= 11 is 0. The van der Waals surface area contributed by atoms with Gasteiger partial charge in [0.05, 0.1) is 0 Å². The highest BCUT2D eigenvalue weighted by Crippen LogP contribution is 2.05. The van der Waals surface area contributed by atoms with Crippen molar-refractivity contribution in [3.05, 3.63) is 47.9 Å². The quantitative estimate of drug-likeness (QED) is 0.732. The SMILES string of the molecule is CCCCCNC(=O)c1ccc(NCc2ccncc2)nn1. The van der Waals surface area contributed by atoms with Gasteiger partial charge in [0.15, 0.2) is 5.69 Å². The Morgan fingerprint density at radius 2 is 1.91 bits per heavy atom. The highest BCUT2D eigenvalue weighted by molar-refractivity contribution is 5.92. The summed E-state index contributed by atoms with van der Waals surface area (Å²) in [5.74, 6) is 0.462. The van der Waals surface area contributed by atoms with Crippen LogP contribution < -0.4 is 10.6 Å². The summed E-state index contributed by atoms with van der Waals surface area (Å²) in [5.41, 5.74) is 1.44. The van der Waals surface area contributed by atoms with E-state index in [1.54, 1.807) is 24.5 Å². The molecule has 0 saturated heterocycles. The number of carbonyl (C=O) groups is 1. The van der Waals surface area contributed by atoms with E-state index in [2.05, 4.69) is 32.7 Å². The number of hydrogen-bond donors (Lipinski definition) is 2. The van der Waals surface area contributed by atoms with Gasteiger partial charge in [0.1, 0.15) is 5.82 Å². The van der Waals surface area contributed by atoms with Crippen molar-refractivity contribution < 1.29 is 4.79 Å². The van der Waals surface area contributed by atoms with Crippen molar-refractivity contribution in [2.75, 3.05) is 11.9 Å². The lowest BCUT2D eigenvalue weighted by Gasteiger charge is -2.06. The second-order valence-electron chi connectivity index (χ2n) is 4.98. The lowest BCUT2D eigenvalue weighted by Crippen LogP contribution is -2.25. The van der Waals surface area contributed by atoms with E-state index >= 15 is 0 Å². The van der Waals surface area contributed by atoms with E-state index in [0.717, 1.165) is 24.8 Å². The Balaban J connectivity index is 1.81. The van der Waals surface area contributed by atoms with Gasteiger partial charge >= 0.3 is 0 Å². The van der Waals surface area contributed by atoms with E-state index in [9.17, 15) is 4.79 Å². The largest absolute Gasteiger partial charge is 0.365 e. The van der Waals surface area contributed by atoms with E-state index in [1.165, 1.54) is 0 Å². The fourth-order valence-corrected chi connectivity index (χ4v) is 1.91. The van der Waals surface area contributed by atoms with Gasteiger partial charge in [0, 0.05) is 25.5 Å². The van der Waals surface area contributed by atoms with Gasteiger partial charge in [0.25, 0.3) is 5.91 Å². The number of nitrogens with zero attached hydrogens (tertiary/aromatic N) is 3. The third-order valence-corrected chi connectivity index (χ3v) is 3.19. The topological polar surface area (TPSA) is 79.8 Å². The second kappa shape index (κ2) is 8.71. The van der Waals surface area contributed by atoms with E-state index in [1.807, 2.05) is 12.1 Å². The number of pyridine rings is 1. The third-order valence-electron chi connectivity index (χ3n) is 3.19. The number of unbranched alkanes of at least 4 members (excludes halogenated alkanes) is 2. The zero-order valence-electron chi connectivity index (χ0n) is 12.7. The van der Waals surface area contributed by atoms with E-state index in [4.69, 9.17) is 0 Å². The van der Waals surface area contributed by atoms with Crippen LogP contribution in [0.2, 0.25) is 0 Å². The Morgan fingerprint density at radius 1 is 1.09 bits per heavy atom. The summed E-state index contributed by atoms with van der Waals surface area (Å²) in [6, 6.07) is 7.29. The van der Waals surface area contributed by atoms with E-state index in [0.29, 0.717) is 24.6 Å². The van der Waals surface area contributed by atoms with Crippen molar-refractivity contribution >= 4 is 11.7 Å². The van der Waals surface area contributed by atoms with Crippen LogP contribution in [0, 0.1) is 0 Å². The summed E-state index contributed by atoms with van der Waals surface area (Å²) in [4.78, 5) is 15.8. The Bertz CT molecular complexity index is 571. The molecule has 116 valence electrons. The molecule has 0 aromatic carbocycles.